The Balaban J connectivity index is 2.21. The van der Waals surface area contributed by atoms with Gasteiger partial charge < -0.3 is 0 Å². The van der Waals surface area contributed by atoms with Gasteiger partial charge in [0.2, 0.25) is 0 Å². The van der Waals surface area contributed by atoms with Crippen molar-refractivity contribution in [2.75, 3.05) is 25.7 Å². The molecule has 0 aromatic rings. The van der Waals surface area contributed by atoms with Crippen molar-refractivity contribution in [2.45, 2.75) is 26.7 Å². The third kappa shape index (κ3) is 4.10. The van der Waals surface area contributed by atoms with Gasteiger partial charge in [-0.25, -0.2) is 0 Å². The van der Waals surface area contributed by atoms with Gasteiger partial charge in [-0.2, -0.15) is 16.8 Å². The summed E-state index contributed by atoms with van der Waals surface area (Å²) < 4.78 is 55.1. The molecular formula is C14H24O6S2. The van der Waals surface area contributed by atoms with Crippen LogP contribution in [0.2, 0.25) is 0 Å². The molecule has 0 radical (unpaired) electrons. The van der Waals surface area contributed by atoms with Crippen LogP contribution in [0.15, 0.2) is 11.1 Å². The highest BCUT2D eigenvalue weighted by Gasteiger charge is 2.51. The van der Waals surface area contributed by atoms with Crippen molar-refractivity contribution in [1.82, 2.24) is 0 Å². The molecule has 2 bridgehead atoms. The number of fused-ring (bicyclic) bond motifs is 2. The lowest BCUT2D eigenvalue weighted by atomic mass is 9.80. The zero-order valence-corrected chi connectivity index (χ0v) is 15.0. The van der Waals surface area contributed by atoms with Crippen molar-refractivity contribution in [3.05, 3.63) is 11.1 Å². The Kier molecular flexibility index (Phi) is 5.06. The molecule has 0 heterocycles. The molecule has 2 aliphatic carbocycles. The van der Waals surface area contributed by atoms with Crippen molar-refractivity contribution in [2.24, 2.45) is 23.7 Å². The fourth-order valence-electron chi connectivity index (χ4n) is 4.06. The van der Waals surface area contributed by atoms with Crippen molar-refractivity contribution >= 4 is 20.2 Å². The zero-order chi connectivity index (χ0) is 16.7. The summed E-state index contributed by atoms with van der Waals surface area (Å²) in [5, 5.41) is 0. The van der Waals surface area contributed by atoms with Crippen LogP contribution in [0.1, 0.15) is 26.7 Å². The molecule has 0 amide bonds. The largest absolute Gasteiger partial charge is 0.270 e. The normalized spacial score (nSPS) is 31.7. The number of hydrogen-bond acceptors (Lipinski definition) is 6. The second-order valence-electron chi connectivity index (χ2n) is 6.55. The molecule has 0 spiro atoms. The smallest absolute Gasteiger partial charge is 0.264 e. The quantitative estimate of drug-likeness (QED) is 0.532. The lowest BCUT2D eigenvalue weighted by Crippen LogP contribution is -2.31. The molecule has 0 unspecified atom stereocenters. The predicted molar refractivity (Wildman–Crippen MR) is 83.2 cm³/mol. The molecule has 2 fully saturated rings. The minimum Gasteiger partial charge on any atom is -0.270 e. The molecular weight excluding hydrogens is 328 g/mol. The van der Waals surface area contributed by atoms with Gasteiger partial charge in [0.15, 0.2) is 0 Å². The molecule has 2 saturated carbocycles. The van der Waals surface area contributed by atoms with E-state index in [9.17, 15) is 16.8 Å². The summed E-state index contributed by atoms with van der Waals surface area (Å²) in [6, 6.07) is 0. The second kappa shape index (κ2) is 6.22. The van der Waals surface area contributed by atoms with E-state index in [1.54, 1.807) is 0 Å². The average Bonchev–Trinajstić information content (AvgIpc) is 2.87. The van der Waals surface area contributed by atoms with E-state index >= 15 is 0 Å². The van der Waals surface area contributed by atoms with Gasteiger partial charge in [0.05, 0.1) is 25.7 Å². The first-order chi connectivity index (χ1) is 9.99. The topological polar surface area (TPSA) is 86.7 Å². The van der Waals surface area contributed by atoms with E-state index in [-0.39, 0.29) is 36.9 Å². The molecule has 4 atom stereocenters. The van der Waals surface area contributed by atoms with Crippen LogP contribution in [0.4, 0.5) is 0 Å². The van der Waals surface area contributed by atoms with Gasteiger partial charge in [-0.3, -0.25) is 8.37 Å². The second-order valence-corrected chi connectivity index (χ2v) is 9.84. The Labute approximate surface area is 133 Å². The molecule has 8 heteroatoms. The van der Waals surface area contributed by atoms with Crippen LogP contribution in [0.3, 0.4) is 0 Å². The van der Waals surface area contributed by atoms with E-state index in [4.69, 9.17) is 8.37 Å². The van der Waals surface area contributed by atoms with Crippen LogP contribution in [-0.4, -0.2) is 42.6 Å². The maximum atomic E-state index is 11.3. The third-order valence-electron chi connectivity index (χ3n) is 4.70. The molecule has 128 valence electrons. The van der Waals surface area contributed by atoms with Crippen molar-refractivity contribution < 1.29 is 25.2 Å². The Morgan fingerprint density at radius 3 is 1.55 bits per heavy atom. The Bertz CT molecular complexity index is 605. The minimum atomic E-state index is -3.51. The first-order valence-electron chi connectivity index (χ1n) is 7.35. The summed E-state index contributed by atoms with van der Waals surface area (Å²) in [6.45, 7) is 4.28. The van der Waals surface area contributed by atoms with Crippen molar-refractivity contribution in [1.29, 1.82) is 0 Å². The molecule has 6 nitrogen and oxygen atoms in total. The highest BCUT2D eigenvalue weighted by Crippen LogP contribution is 2.57. The van der Waals surface area contributed by atoms with Crippen LogP contribution < -0.4 is 0 Å². The van der Waals surface area contributed by atoms with Gasteiger partial charge in [-0.05, 0) is 50.4 Å². The van der Waals surface area contributed by atoms with E-state index in [0.717, 1.165) is 25.4 Å². The van der Waals surface area contributed by atoms with Crippen LogP contribution in [-0.2, 0) is 28.6 Å². The SMILES string of the molecule is CC(C)=C1[C@H]2CC[C@@H]1[C@@H](COS(C)(=O)=O)[C@H]2COS(C)(=O)=O. The Hall–Kier alpha value is -0.440. The maximum Gasteiger partial charge on any atom is 0.264 e. The summed E-state index contributed by atoms with van der Waals surface area (Å²) in [4.78, 5) is 0. The fraction of sp³-hybridized carbons (Fsp3) is 0.857. The van der Waals surface area contributed by atoms with Crippen molar-refractivity contribution in [3.63, 3.8) is 0 Å². The van der Waals surface area contributed by atoms with Gasteiger partial charge in [0.25, 0.3) is 20.2 Å². The number of hydrogen-bond donors (Lipinski definition) is 0. The lowest BCUT2D eigenvalue weighted by molar-refractivity contribution is 0.102. The zero-order valence-electron chi connectivity index (χ0n) is 13.4. The Morgan fingerprint density at radius 1 is 0.909 bits per heavy atom. The molecule has 0 saturated heterocycles. The van der Waals surface area contributed by atoms with Crippen LogP contribution >= 0.6 is 0 Å². The average molecular weight is 352 g/mol. The summed E-state index contributed by atoms with van der Waals surface area (Å²) in [7, 11) is -7.02. The first-order valence-corrected chi connectivity index (χ1v) is 11.0. The standard InChI is InChI=1S/C14H24O6S2/c1-9(2)14-10-5-6-11(14)13(8-20-22(4,17)18)12(10)7-19-21(3,15)16/h10-13H,5-8H2,1-4H3/t10-,11+,12-,13+. The third-order valence-corrected chi connectivity index (χ3v) is 5.83. The minimum absolute atomic E-state index is 0.0138. The van der Waals surface area contributed by atoms with Gasteiger partial charge in [-0.15, -0.1) is 0 Å². The monoisotopic (exact) mass is 352 g/mol. The highest BCUT2D eigenvalue weighted by atomic mass is 32.2. The molecule has 2 aliphatic rings. The van der Waals surface area contributed by atoms with Crippen LogP contribution in [0, 0.1) is 23.7 Å². The lowest BCUT2D eigenvalue weighted by Gasteiger charge is -2.29. The molecule has 0 aromatic heterocycles. The van der Waals surface area contributed by atoms with Gasteiger partial charge in [0.1, 0.15) is 0 Å². The van der Waals surface area contributed by atoms with Gasteiger partial charge in [-0.1, -0.05) is 11.1 Å². The predicted octanol–water partition coefficient (Wildman–Crippen LogP) is 1.55. The fourth-order valence-corrected chi connectivity index (χ4v) is 4.87. The molecule has 0 aromatic carbocycles. The summed E-state index contributed by atoms with van der Waals surface area (Å²) in [6.07, 6.45) is 4.06. The summed E-state index contributed by atoms with van der Waals surface area (Å²) in [5.41, 5.74) is 2.57. The number of rotatable bonds is 6. The number of allylic oxidation sites excluding steroid dienone is 2. The summed E-state index contributed by atoms with van der Waals surface area (Å²) >= 11 is 0. The van der Waals surface area contributed by atoms with Crippen molar-refractivity contribution in [3.8, 4) is 0 Å². The Morgan fingerprint density at radius 2 is 1.27 bits per heavy atom. The van der Waals surface area contributed by atoms with E-state index in [2.05, 4.69) is 13.8 Å². The van der Waals surface area contributed by atoms with Crippen LogP contribution in [0.25, 0.3) is 0 Å². The van der Waals surface area contributed by atoms with E-state index in [1.165, 1.54) is 11.1 Å². The first kappa shape index (κ1) is 17.9. The molecule has 0 N–H and O–H groups in total. The van der Waals surface area contributed by atoms with E-state index in [0.29, 0.717) is 0 Å². The molecule has 2 rings (SSSR count). The molecule has 0 aliphatic heterocycles. The summed E-state index contributed by atoms with van der Waals surface area (Å²) in [5.74, 6) is 0.509. The van der Waals surface area contributed by atoms with E-state index in [1.807, 2.05) is 0 Å². The van der Waals surface area contributed by atoms with Gasteiger partial charge >= 0.3 is 0 Å². The highest BCUT2D eigenvalue weighted by molar-refractivity contribution is 7.86. The molecule has 22 heavy (non-hydrogen) atoms. The van der Waals surface area contributed by atoms with Gasteiger partial charge in [0, 0.05) is 0 Å². The maximum absolute atomic E-state index is 11.3. The van der Waals surface area contributed by atoms with E-state index < -0.39 is 20.2 Å². The van der Waals surface area contributed by atoms with Crippen LogP contribution in [0.5, 0.6) is 0 Å².